The lowest BCUT2D eigenvalue weighted by Gasteiger charge is -2.35. The first-order valence-electron chi connectivity index (χ1n) is 6.85. The van der Waals surface area contributed by atoms with Crippen molar-refractivity contribution in [2.75, 3.05) is 0 Å². The highest BCUT2D eigenvalue weighted by molar-refractivity contribution is 5.20. The van der Waals surface area contributed by atoms with Gasteiger partial charge in [-0.05, 0) is 43.1 Å². The zero-order valence-electron chi connectivity index (χ0n) is 11.1. The maximum atomic E-state index is 12.4. The summed E-state index contributed by atoms with van der Waals surface area (Å²) < 4.78 is 37.3. The van der Waals surface area contributed by atoms with E-state index in [1.165, 1.54) is 0 Å². The molecule has 4 atom stereocenters. The van der Waals surface area contributed by atoms with Gasteiger partial charge in [0.05, 0.1) is 6.10 Å². The fraction of sp³-hybridized carbons (Fsp3) is 0.600. The maximum Gasteiger partial charge on any atom is 0.414 e. The van der Waals surface area contributed by atoms with Crippen molar-refractivity contribution in [2.45, 2.75) is 50.0 Å². The Morgan fingerprint density at radius 1 is 1.15 bits per heavy atom. The van der Waals surface area contributed by atoms with Crippen LogP contribution in [0.5, 0.6) is 0 Å². The molecule has 20 heavy (non-hydrogen) atoms. The second-order valence-corrected chi connectivity index (χ2v) is 5.54. The van der Waals surface area contributed by atoms with Crippen molar-refractivity contribution >= 4 is 0 Å². The first-order valence-corrected chi connectivity index (χ1v) is 6.85. The summed E-state index contributed by atoms with van der Waals surface area (Å²) in [6, 6.07) is 9.62. The normalized spacial score (nSPS) is 29.1. The number of benzene rings is 1. The highest BCUT2D eigenvalue weighted by atomic mass is 19.4. The summed E-state index contributed by atoms with van der Waals surface area (Å²) in [6.07, 6.45) is -6.41. The van der Waals surface area contributed by atoms with Crippen LogP contribution in [-0.4, -0.2) is 28.6 Å². The molecule has 1 fully saturated rings. The summed E-state index contributed by atoms with van der Waals surface area (Å²) in [4.78, 5) is 0. The minimum Gasteiger partial charge on any atom is -0.393 e. The van der Waals surface area contributed by atoms with E-state index in [-0.39, 0.29) is 5.92 Å². The molecule has 0 heterocycles. The molecule has 0 saturated heterocycles. The van der Waals surface area contributed by atoms with E-state index in [1.807, 2.05) is 30.3 Å². The second kappa shape index (κ2) is 6.14. The van der Waals surface area contributed by atoms with Gasteiger partial charge in [0.1, 0.15) is 6.10 Å². The summed E-state index contributed by atoms with van der Waals surface area (Å²) >= 11 is 0. The Bertz CT molecular complexity index is 419. The molecule has 4 unspecified atom stereocenters. The van der Waals surface area contributed by atoms with Crippen molar-refractivity contribution in [2.24, 2.45) is 5.92 Å². The van der Waals surface area contributed by atoms with Crippen molar-refractivity contribution in [3.63, 3.8) is 0 Å². The standard InChI is InChI=1S/C15H19F3O2/c16-15(17,18)14(20)9-12-8-11(6-7-13(12)19)10-4-2-1-3-5-10/h1-5,11-14,19-20H,6-9H2. The minimum absolute atomic E-state index is 0.157. The molecule has 0 aliphatic heterocycles. The van der Waals surface area contributed by atoms with Crippen LogP contribution in [0.4, 0.5) is 13.2 Å². The molecule has 2 N–H and O–H groups in total. The largest absolute Gasteiger partial charge is 0.414 e. The summed E-state index contributed by atoms with van der Waals surface area (Å²) in [5.41, 5.74) is 1.09. The number of halogens is 3. The molecule has 0 amide bonds. The Morgan fingerprint density at radius 3 is 2.40 bits per heavy atom. The van der Waals surface area contributed by atoms with Crippen LogP contribution in [0.25, 0.3) is 0 Å². The monoisotopic (exact) mass is 288 g/mol. The summed E-state index contributed by atoms with van der Waals surface area (Å²) in [6.45, 7) is 0. The SMILES string of the molecule is OC1CCC(c2ccccc2)CC1CC(O)C(F)(F)F. The molecule has 1 aliphatic rings. The van der Waals surface area contributed by atoms with Gasteiger partial charge in [0, 0.05) is 0 Å². The maximum absolute atomic E-state index is 12.4. The molecule has 5 heteroatoms. The Balaban J connectivity index is 2.02. The molecular weight excluding hydrogens is 269 g/mol. The first kappa shape index (κ1) is 15.3. The lowest BCUT2D eigenvalue weighted by Crippen LogP contribution is -2.36. The van der Waals surface area contributed by atoms with Gasteiger partial charge in [0.15, 0.2) is 0 Å². The molecular formula is C15H19F3O2. The van der Waals surface area contributed by atoms with Gasteiger partial charge < -0.3 is 10.2 Å². The van der Waals surface area contributed by atoms with Crippen LogP contribution in [-0.2, 0) is 0 Å². The molecule has 1 saturated carbocycles. The van der Waals surface area contributed by atoms with E-state index in [9.17, 15) is 23.4 Å². The highest BCUT2D eigenvalue weighted by Crippen LogP contribution is 2.39. The average Bonchev–Trinajstić information content (AvgIpc) is 2.41. The molecule has 112 valence electrons. The molecule has 1 aromatic rings. The van der Waals surface area contributed by atoms with E-state index in [2.05, 4.69) is 0 Å². The number of alkyl halides is 3. The molecule has 2 nitrogen and oxygen atoms in total. The Morgan fingerprint density at radius 2 is 1.80 bits per heavy atom. The van der Waals surface area contributed by atoms with E-state index in [0.717, 1.165) is 12.0 Å². The van der Waals surface area contributed by atoms with Crippen LogP contribution in [0.2, 0.25) is 0 Å². The predicted octanol–water partition coefficient (Wildman–Crippen LogP) is 3.24. The molecule has 2 rings (SSSR count). The van der Waals surface area contributed by atoms with Gasteiger partial charge in [-0.2, -0.15) is 13.2 Å². The van der Waals surface area contributed by atoms with Gasteiger partial charge in [0.25, 0.3) is 0 Å². The zero-order valence-corrected chi connectivity index (χ0v) is 11.1. The molecule has 0 aromatic heterocycles. The van der Waals surface area contributed by atoms with Crippen LogP contribution in [0.3, 0.4) is 0 Å². The van der Waals surface area contributed by atoms with Gasteiger partial charge in [-0.1, -0.05) is 30.3 Å². The van der Waals surface area contributed by atoms with Crippen molar-refractivity contribution in [1.29, 1.82) is 0 Å². The molecule has 0 radical (unpaired) electrons. The van der Waals surface area contributed by atoms with Crippen molar-refractivity contribution in [3.05, 3.63) is 35.9 Å². The third-order valence-corrected chi connectivity index (χ3v) is 4.12. The average molecular weight is 288 g/mol. The van der Waals surface area contributed by atoms with Crippen LogP contribution in [0, 0.1) is 5.92 Å². The lowest BCUT2D eigenvalue weighted by molar-refractivity contribution is -0.211. The number of hydrogen-bond acceptors (Lipinski definition) is 2. The van der Waals surface area contributed by atoms with E-state index in [0.29, 0.717) is 12.8 Å². The van der Waals surface area contributed by atoms with Crippen LogP contribution < -0.4 is 0 Å². The van der Waals surface area contributed by atoms with Crippen LogP contribution >= 0.6 is 0 Å². The van der Waals surface area contributed by atoms with E-state index in [1.54, 1.807) is 0 Å². The van der Waals surface area contributed by atoms with E-state index < -0.39 is 30.7 Å². The minimum atomic E-state index is -4.61. The Kier molecular flexibility index (Phi) is 4.70. The van der Waals surface area contributed by atoms with Gasteiger partial charge >= 0.3 is 6.18 Å². The molecule has 1 aromatic carbocycles. The number of hydrogen-bond donors (Lipinski definition) is 2. The fourth-order valence-electron chi connectivity index (χ4n) is 2.95. The second-order valence-electron chi connectivity index (χ2n) is 5.54. The van der Waals surface area contributed by atoms with Gasteiger partial charge in [0.2, 0.25) is 0 Å². The number of aliphatic hydroxyl groups excluding tert-OH is 2. The molecule has 0 spiro atoms. The van der Waals surface area contributed by atoms with Crippen LogP contribution in [0.1, 0.15) is 37.2 Å². The summed E-state index contributed by atoms with van der Waals surface area (Å²) in [7, 11) is 0. The fourth-order valence-corrected chi connectivity index (χ4v) is 2.95. The number of aliphatic hydroxyl groups is 2. The molecule has 1 aliphatic carbocycles. The Labute approximate surface area is 116 Å². The van der Waals surface area contributed by atoms with E-state index >= 15 is 0 Å². The third-order valence-electron chi connectivity index (χ3n) is 4.12. The molecule has 0 bridgehead atoms. The summed E-state index contributed by atoms with van der Waals surface area (Å²) in [5.74, 6) is -0.351. The van der Waals surface area contributed by atoms with Gasteiger partial charge in [-0.15, -0.1) is 0 Å². The van der Waals surface area contributed by atoms with E-state index in [4.69, 9.17) is 0 Å². The predicted molar refractivity (Wildman–Crippen MR) is 69.2 cm³/mol. The highest BCUT2D eigenvalue weighted by Gasteiger charge is 2.42. The first-order chi connectivity index (χ1) is 9.38. The quantitative estimate of drug-likeness (QED) is 0.896. The number of rotatable bonds is 3. The topological polar surface area (TPSA) is 40.5 Å². The smallest absolute Gasteiger partial charge is 0.393 e. The van der Waals surface area contributed by atoms with Crippen molar-refractivity contribution in [3.8, 4) is 0 Å². The Hall–Kier alpha value is -1.07. The lowest BCUT2D eigenvalue weighted by atomic mass is 9.74. The van der Waals surface area contributed by atoms with Crippen molar-refractivity contribution < 1.29 is 23.4 Å². The van der Waals surface area contributed by atoms with Crippen molar-refractivity contribution in [1.82, 2.24) is 0 Å². The van der Waals surface area contributed by atoms with Crippen LogP contribution in [0.15, 0.2) is 30.3 Å². The van der Waals surface area contributed by atoms with Gasteiger partial charge in [-0.25, -0.2) is 0 Å². The summed E-state index contributed by atoms with van der Waals surface area (Å²) in [5, 5.41) is 19.0. The third kappa shape index (κ3) is 3.73. The van der Waals surface area contributed by atoms with Gasteiger partial charge in [-0.3, -0.25) is 0 Å². The zero-order chi connectivity index (χ0) is 14.8.